The minimum absolute atomic E-state index is 0.0839. The van der Waals surface area contributed by atoms with Crippen molar-refractivity contribution < 1.29 is 13.9 Å². The number of methoxy groups -OCH3 is 1. The molecular formula is C16H20O3. The minimum Gasteiger partial charge on any atom is -0.469 e. The van der Waals surface area contributed by atoms with E-state index in [1.54, 1.807) is 7.11 Å². The third-order valence-corrected chi connectivity index (χ3v) is 5.42. The van der Waals surface area contributed by atoms with E-state index in [-0.39, 0.29) is 17.8 Å². The number of aryl methyl sites for hydroxylation is 1. The van der Waals surface area contributed by atoms with Crippen LogP contribution in [-0.2, 0) is 15.9 Å². The van der Waals surface area contributed by atoms with E-state index < -0.39 is 0 Å². The van der Waals surface area contributed by atoms with Crippen LogP contribution in [0.1, 0.15) is 42.8 Å². The van der Waals surface area contributed by atoms with Gasteiger partial charge in [0, 0.05) is 24.5 Å². The Morgan fingerprint density at radius 1 is 1.42 bits per heavy atom. The number of rotatable bonds is 1. The van der Waals surface area contributed by atoms with Crippen molar-refractivity contribution >= 4 is 0 Å². The third kappa shape index (κ3) is 1.30. The van der Waals surface area contributed by atoms with E-state index in [1.807, 2.05) is 6.26 Å². The lowest BCUT2D eigenvalue weighted by Crippen LogP contribution is -2.39. The second-order valence-electron chi connectivity index (χ2n) is 6.26. The molecule has 4 rings (SSSR count). The smallest absolute Gasteiger partial charge is 0.180 e. The lowest BCUT2D eigenvalue weighted by molar-refractivity contribution is -0.116. The van der Waals surface area contributed by atoms with Gasteiger partial charge in [-0.15, -0.1) is 0 Å². The Kier molecular flexibility index (Phi) is 2.31. The van der Waals surface area contributed by atoms with Crippen molar-refractivity contribution in [2.75, 3.05) is 7.11 Å². The van der Waals surface area contributed by atoms with Gasteiger partial charge in [-0.2, -0.15) is 0 Å². The van der Waals surface area contributed by atoms with Gasteiger partial charge in [0.2, 0.25) is 0 Å². The van der Waals surface area contributed by atoms with Gasteiger partial charge in [-0.25, -0.2) is 0 Å². The summed E-state index contributed by atoms with van der Waals surface area (Å²) in [5.74, 6) is 1.73. The first kappa shape index (κ1) is 11.7. The highest BCUT2D eigenvalue weighted by atomic mass is 16.7. The molecule has 3 aliphatic rings. The number of allylic oxidation sites excluding steroid dienone is 1. The summed E-state index contributed by atoms with van der Waals surface area (Å²) in [6.45, 7) is 4.46. The molecule has 1 aromatic rings. The summed E-state index contributed by atoms with van der Waals surface area (Å²) in [5.41, 5.74) is 3.91. The Morgan fingerprint density at radius 2 is 2.26 bits per heavy atom. The van der Waals surface area contributed by atoms with Gasteiger partial charge in [-0.1, -0.05) is 13.0 Å². The predicted molar refractivity (Wildman–Crippen MR) is 70.7 cm³/mol. The maximum Gasteiger partial charge on any atom is 0.180 e. The normalized spacial score (nSPS) is 39.7. The van der Waals surface area contributed by atoms with Crippen LogP contribution in [-0.4, -0.2) is 13.4 Å². The molecule has 19 heavy (non-hydrogen) atoms. The quantitative estimate of drug-likeness (QED) is 0.724. The summed E-state index contributed by atoms with van der Waals surface area (Å²) >= 11 is 0. The highest BCUT2D eigenvalue weighted by Crippen LogP contribution is 2.63. The van der Waals surface area contributed by atoms with Gasteiger partial charge in [0.1, 0.15) is 5.76 Å². The second kappa shape index (κ2) is 3.74. The van der Waals surface area contributed by atoms with Crippen molar-refractivity contribution in [2.45, 2.75) is 45.5 Å². The Labute approximate surface area is 113 Å². The molecule has 1 fully saturated rings. The van der Waals surface area contributed by atoms with Gasteiger partial charge in [0.25, 0.3) is 0 Å². The molecule has 3 nitrogen and oxygen atoms in total. The van der Waals surface area contributed by atoms with Gasteiger partial charge in [0.05, 0.1) is 12.4 Å². The summed E-state index contributed by atoms with van der Waals surface area (Å²) < 4.78 is 17.6. The van der Waals surface area contributed by atoms with Crippen molar-refractivity contribution in [2.24, 2.45) is 11.3 Å². The van der Waals surface area contributed by atoms with Crippen LogP contribution in [0.5, 0.6) is 0 Å². The fraction of sp³-hybridized carbons (Fsp3) is 0.625. The Hall–Kier alpha value is -1.06. The maximum atomic E-state index is 6.25. The van der Waals surface area contributed by atoms with Gasteiger partial charge >= 0.3 is 0 Å². The molecule has 1 aromatic heterocycles. The van der Waals surface area contributed by atoms with Gasteiger partial charge < -0.3 is 13.9 Å². The molecule has 2 aliphatic carbocycles. The number of hydrogen-bond acceptors (Lipinski definition) is 3. The third-order valence-electron chi connectivity index (χ3n) is 5.42. The molecule has 1 saturated heterocycles. The Bertz CT molecular complexity index is 556. The van der Waals surface area contributed by atoms with Crippen LogP contribution in [0.15, 0.2) is 22.3 Å². The lowest BCUT2D eigenvalue weighted by atomic mass is 9.59. The highest BCUT2D eigenvalue weighted by Gasteiger charge is 2.59. The zero-order valence-electron chi connectivity index (χ0n) is 11.7. The number of furan rings is 1. The average molecular weight is 260 g/mol. The van der Waals surface area contributed by atoms with Crippen LogP contribution in [0.2, 0.25) is 0 Å². The van der Waals surface area contributed by atoms with Crippen LogP contribution in [0, 0.1) is 18.3 Å². The molecule has 3 heteroatoms. The van der Waals surface area contributed by atoms with E-state index in [4.69, 9.17) is 13.9 Å². The van der Waals surface area contributed by atoms with Gasteiger partial charge in [0.15, 0.2) is 6.29 Å². The van der Waals surface area contributed by atoms with Crippen LogP contribution >= 0.6 is 0 Å². The number of ether oxygens (including phenoxy) is 2. The first-order valence-corrected chi connectivity index (χ1v) is 7.12. The average Bonchev–Trinajstić information content (AvgIpc) is 2.90. The van der Waals surface area contributed by atoms with Crippen molar-refractivity contribution in [1.82, 2.24) is 0 Å². The number of fused-ring (bicyclic) bond motifs is 2. The Balaban J connectivity index is 1.92. The molecule has 0 spiro atoms. The molecule has 0 bridgehead atoms. The van der Waals surface area contributed by atoms with E-state index >= 15 is 0 Å². The minimum atomic E-state index is -0.182. The first-order valence-electron chi connectivity index (χ1n) is 7.12. The SMILES string of the molecule is CO[C@H]1O[C@H]2c3c(C)coc3C[C@H]3CCC=C1[C@]32C. The van der Waals surface area contributed by atoms with Crippen LogP contribution in [0.3, 0.4) is 0 Å². The van der Waals surface area contributed by atoms with E-state index in [0.717, 1.165) is 18.6 Å². The van der Waals surface area contributed by atoms with Gasteiger partial charge in [-0.05, 0) is 36.8 Å². The monoisotopic (exact) mass is 260 g/mol. The summed E-state index contributed by atoms with van der Waals surface area (Å²) in [6.07, 6.45) is 7.50. The number of hydrogen-bond donors (Lipinski definition) is 0. The second-order valence-corrected chi connectivity index (χ2v) is 6.26. The predicted octanol–water partition coefficient (Wildman–Crippen LogP) is 3.53. The molecular weight excluding hydrogens is 240 g/mol. The standard InChI is InChI=1S/C16H20O3/c1-9-8-18-12-7-10-5-4-6-11-15(17-3)19-14(13(9)12)16(10,11)2/h6,8,10,14-15H,4-5,7H2,1-3H3/t10-,14+,15+,16+/m1/s1. The van der Waals surface area contributed by atoms with E-state index in [1.165, 1.54) is 23.1 Å². The summed E-state index contributed by atoms with van der Waals surface area (Å²) in [5, 5.41) is 0. The molecule has 0 unspecified atom stereocenters. The fourth-order valence-electron chi connectivity index (χ4n) is 4.36. The highest BCUT2D eigenvalue weighted by molar-refractivity contribution is 5.42. The first-order chi connectivity index (χ1) is 9.16. The fourth-order valence-corrected chi connectivity index (χ4v) is 4.36. The Morgan fingerprint density at radius 3 is 3.05 bits per heavy atom. The molecule has 4 atom stereocenters. The van der Waals surface area contributed by atoms with Crippen molar-refractivity contribution in [3.05, 3.63) is 34.8 Å². The summed E-state index contributed by atoms with van der Waals surface area (Å²) in [4.78, 5) is 0. The molecule has 102 valence electrons. The molecule has 0 aromatic carbocycles. The van der Waals surface area contributed by atoms with Crippen molar-refractivity contribution in [1.29, 1.82) is 0 Å². The molecule has 0 N–H and O–H groups in total. The largest absolute Gasteiger partial charge is 0.469 e. The lowest BCUT2D eigenvalue weighted by Gasteiger charge is -2.44. The zero-order chi connectivity index (χ0) is 13.2. The van der Waals surface area contributed by atoms with E-state index in [0.29, 0.717) is 5.92 Å². The van der Waals surface area contributed by atoms with Crippen molar-refractivity contribution in [3.8, 4) is 0 Å². The molecule has 0 saturated carbocycles. The van der Waals surface area contributed by atoms with Crippen molar-refractivity contribution in [3.63, 3.8) is 0 Å². The van der Waals surface area contributed by atoms with Crippen LogP contribution < -0.4 is 0 Å². The molecule has 1 aliphatic heterocycles. The summed E-state index contributed by atoms with van der Waals surface area (Å²) in [6, 6.07) is 0. The topological polar surface area (TPSA) is 31.6 Å². The van der Waals surface area contributed by atoms with Crippen LogP contribution in [0.4, 0.5) is 0 Å². The zero-order valence-corrected chi connectivity index (χ0v) is 11.7. The maximum absolute atomic E-state index is 6.25. The van der Waals surface area contributed by atoms with E-state index in [9.17, 15) is 0 Å². The summed E-state index contributed by atoms with van der Waals surface area (Å²) in [7, 11) is 1.74. The molecule has 0 amide bonds. The van der Waals surface area contributed by atoms with Crippen LogP contribution in [0.25, 0.3) is 0 Å². The van der Waals surface area contributed by atoms with E-state index in [2.05, 4.69) is 19.9 Å². The molecule has 2 heterocycles. The molecule has 0 radical (unpaired) electrons. The van der Waals surface area contributed by atoms with Gasteiger partial charge in [-0.3, -0.25) is 0 Å².